The highest BCUT2D eigenvalue weighted by molar-refractivity contribution is 6.30. The van der Waals surface area contributed by atoms with Crippen molar-refractivity contribution in [2.24, 2.45) is 5.41 Å². The average molecular weight is 466 g/mol. The van der Waals surface area contributed by atoms with E-state index in [4.69, 9.17) is 16.7 Å². The zero-order chi connectivity index (χ0) is 23.6. The van der Waals surface area contributed by atoms with Crippen molar-refractivity contribution < 1.29 is 19.1 Å². The number of anilines is 1. The van der Waals surface area contributed by atoms with Crippen LogP contribution < -0.4 is 15.5 Å². The molecule has 0 spiro atoms. The summed E-state index contributed by atoms with van der Waals surface area (Å²) in [5.41, 5.74) is 1.26. The number of nitrogens with zero attached hydrogens (tertiary/aromatic N) is 3. The first-order valence-corrected chi connectivity index (χ1v) is 10.9. The van der Waals surface area contributed by atoms with Crippen LogP contribution in [-0.4, -0.2) is 59.6 Å². The first kappa shape index (κ1) is 24.0. The molecule has 2 aromatic rings. The maximum Gasteiger partial charge on any atom is 0.343 e. The fourth-order valence-electron chi connectivity index (χ4n) is 3.84. The lowest BCUT2D eigenvalue weighted by Gasteiger charge is -2.30. The van der Waals surface area contributed by atoms with E-state index in [2.05, 4.69) is 15.7 Å². The van der Waals surface area contributed by atoms with Crippen LogP contribution in [0.3, 0.4) is 0 Å². The Morgan fingerprint density at radius 3 is 2.72 bits per heavy atom. The second-order valence-corrected chi connectivity index (χ2v) is 9.40. The van der Waals surface area contributed by atoms with Crippen LogP contribution in [0.1, 0.15) is 32.9 Å². The third-order valence-electron chi connectivity index (χ3n) is 5.43. The summed E-state index contributed by atoms with van der Waals surface area (Å²) >= 11 is 6.09. The molecule has 0 fully saturated rings. The van der Waals surface area contributed by atoms with E-state index in [1.165, 1.54) is 22.9 Å². The molecule has 174 valence electrons. The molecular formula is C22H29ClFN5O3. The molecule has 10 heteroatoms. The van der Waals surface area contributed by atoms with Gasteiger partial charge in [-0.3, -0.25) is 4.79 Å². The molecular weight excluding hydrogens is 437 g/mol. The summed E-state index contributed by atoms with van der Waals surface area (Å²) < 4.78 is 15.9. The Balaban J connectivity index is 2.03. The summed E-state index contributed by atoms with van der Waals surface area (Å²) in [4.78, 5) is 27.8. The smallest absolute Gasteiger partial charge is 0.343 e. The molecule has 1 aliphatic heterocycles. The van der Waals surface area contributed by atoms with Crippen LogP contribution in [0.25, 0.3) is 11.3 Å². The number of benzene rings is 1. The van der Waals surface area contributed by atoms with Crippen LogP contribution in [0.2, 0.25) is 5.02 Å². The van der Waals surface area contributed by atoms with Gasteiger partial charge in [0.2, 0.25) is 5.91 Å². The molecule has 1 unspecified atom stereocenters. The summed E-state index contributed by atoms with van der Waals surface area (Å²) in [5.74, 6) is -0.892. The van der Waals surface area contributed by atoms with Crippen molar-refractivity contribution in [1.82, 2.24) is 20.4 Å². The summed E-state index contributed by atoms with van der Waals surface area (Å²) in [6, 6.07) is 2.77. The normalized spacial score (nSPS) is 14.7. The maximum absolute atomic E-state index is 14.7. The Bertz CT molecular complexity index is 1020. The minimum absolute atomic E-state index is 0.0848. The highest BCUT2D eigenvalue weighted by atomic mass is 35.5. The Hall–Kier alpha value is -2.65. The molecule has 2 heterocycles. The molecule has 32 heavy (non-hydrogen) atoms. The second-order valence-electron chi connectivity index (χ2n) is 8.97. The van der Waals surface area contributed by atoms with Crippen molar-refractivity contribution in [2.45, 2.75) is 39.7 Å². The van der Waals surface area contributed by atoms with Crippen LogP contribution in [0, 0.1) is 11.2 Å². The highest BCUT2D eigenvalue weighted by Gasteiger charge is 2.35. The predicted molar refractivity (Wildman–Crippen MR) is 121 cm³/mol. The van der Waals surface area contributed by atoms with Crippen molar-refractivity contribution >= 4 is 29.2 Å². The Morgan fingerprint density at radius 1 is 1.34 bits per heavy atom. The number of hydrogen-bond donors (Lipinski definition) is 3. The van der Waals surface area contributed by atoms with Gasteiger partial charge in [-0.15, -0.1) is 0 Å². The topological polar surface area (TPSA) is 99.5 Å². The van der Waals surface area contributed by atoms with E-state index in [1.54, 1.807) is 0 Å². The third-order valence-corrected chi connectivity index (χ3v) is 5.66. The molecule has 0 saturated carbocycles. The summed E-state index contributed by atoms with van der Waals surface area (Å²) in [5, 5.41) is 19.2. The highest BCUT2D eigenvalue weighted by Crippen LogP contribution is 2.38. The molecule has 3 rings (SSSR count). The largest absolute Gasteiger partial charge is 0.395 e. The van der Waals surface area contributed by atoms with Crippen molar-refractivity contribution in [3.63, 3.8) is 0 Å². The van der Waals surface area contributed by atoms with Gasteiger partial charge in [0.25, 0.3) is 0 Å². The van der Waals surface area contributed by atoms with Gasteiger partial charge in [-0.25, -0.2) is 9.18 Å². The maximum atomic E-state index is 14.7. The molecule has 1 aromatic heterocycles. The van der Waals surface area contributed by atoms with Crippen LogP contribution >= 0.6 is 11.6 Å². The van der Waals surface area contributed by atoms with Crippen molar-refractivity contribution in [3.8, 4) is 11.3 Å². The quantitative estimate of drug-likeness (QED) is 0.630. The number of amides is 2. The van der Waals surface area contributed by atoms with Gasteiger partial charge >= 0.3 is 6.03 Å². The van der Waals surface area contributed by atoms with E-state index in [0.29, 0.717) is 28.5 Å². The van der Waals surface area contributed by atoms with Crippen molar-refractivity contribution in [1.29, 1.82) is 0 Å². The number of halogens is 2. The molecule has 3 N–H and O–H groups in total. The number of hydrogen-bond acceptors (Lipinski definition) is 5. The van der Waals surface area contributed by atoms with E-state index in [9.17, 15) is 14.0 Å². The van der Waals surface area contributed by atoms with Gasteiger partial charge in [0, 0.05) is 30.7 Å². The Kier molecular flexibility index (Phi) is 7.09. The molecule has 0 radical (unpaired) electrons. The second kappa shape index (κ2) is 9.46. The molecule has 0 saturated heterocycles. The molecule has 1 aliphatic rings. The van der Waals surface area contributed by atoms with Crippen LogP contribution in [0.5, 0.6) is 0 Å². The molecule has 1 atom stereocenters. The van der Waals surface area contributed by atoms with Crippen LogP contribution in [-0.2, 0) is 11.2 Å². The van der Waals surface area contributed by atoms with Gasteiger partial charge < -0.3 is 20.6 Å². The van der Waals surface area contributed by atoms with Gasteiger partial charge in [-0.05, 0) is 36.5 Å². The lowest BCUT2D eigenvalue weighted by Crippen LogP contribution is -2.55. The number of carbonyl (C=O) groups excluding carboxylic acids is 2. The minimum atomic E-state index is -0.867. The van der Waals surface area contributed by atoms with E-state index >= 15 is 0 Å². The molecule has 8 nitrogen and oxygen atoms in total. The van der Waals surface area contributed by atoms with Gasteiger partial charge in [0.1, 0.15) is 17.6 Å². The standard InChI is InChI=1S/C22H29ClFN5O3/c1-22(2,3)19(20(31)25-9-11-30)26-21(32)29-16-6-5-10-28(4)18(16)17(27-29)14-12-13(23)7-8-15(14)24/h7-8,12,19,30H,5-6,9-11H2,1-4H3,(H,25,31)(H,26,32). The van der Waals surface area contributed by atoms with Gasteiger partial charge in [-0.1, -0.05) is 32.4 Å². The summed E-state index contributed by atoms with van der Waals surface area (Å²) in [6.45, 7) is 6.11. The number of rotatable bonds is 5. The monoisotopic (exact) mass is 465 g/mol. The number of fused-ring (bicyclic) bond motifs is 1. The van der Waals surface area contributed by atoms with Gasteiger partial charge in [0.15, 0.2) is 0 Å². The number of aliphatic hydroxyl groups is 1. The first-order chi connectivity index (χ1) is 15.0. The fourth-order valence-corrected chi connectivity index (χ4v) is 4.01. The summed E-state index contributed by atoms with van der Waals surface area (Å²) in [7, 11) is 1.87. The Morgan fingerprint density at radius 2 is 2.06 bits per heavy atom. The first-order valence-electron chi connectivity index (χ1n) is 10.5. The average Bonchev–Trinajstić information content (AvgIpc) is 3.12. The zero-order valence-corrected chi connectivity index (χ0v) is 19.5. The van der Waals surface area contributed by atoms with Crippen molar-refractivity contribution in [2.75, 3.05) is 31.6 Å². The van der Waals surface area contributed by atoms with E-state index in [1.807, 2.05) is 32.7 Å². The minimum Gasteiger partial charge on any atom is -0.395 e. The molecule has 2 amide bonds. The Labute approximate surface area is 191 Å². The van der Waals surface area contributed by atoms with Gasteiger partial charge in [0.05, 0.1) is 18.0 Å². The zero-order valence-electron chi connectivity index (χ0n) is 18.7. The lowest BCUT2D eigenvalue weighted by atomic mass is 9.86. The number of nitrogens with one attached hydrogen (secondary N) is 2. The van der Waals surface area contributed by atoms with E-state index in [0.717, 1.165) is 13.0 Å². The number of aliphatic hydroxyl groups excluding tert-OH is 1. The molecule has 0 aliphatic carbocycles. The van der Waals surface area contributed by atoms with Gasteiger partial charge in [-0.2, -0.15) is 9.78 Å². The van der Waals surface area contributed by atoms with Crippen LogP contribution in [0.15, 0.2) is 18.2 Å². The predicted octanol–water partition coefficient (Wildman–Crippen LogP) is 2.81. The van der Waals surface area contributed by atoms with Crippen molar-refractivity contribution in [3.05, 3.63) is 34.7 Å². The van der Waals surface area contributed by atoms with E-state index < -0.39 is 29.2 Å². The number of carbonyl (C=O) groups is 2. The van der Waals surface area contributed by atoms with E-state index in [-0.39, 0.29) is 18.7 Å². The fraction of sp³-hybridized carbons (Fsp3) is 0.500. The summed E-state index contributed by atoms with van der Waals surface area (Å²) in [6.07, 6.45) is 1.39. The SMILES string of the molecule is CN1CCCc2c1c(-c1cc(Cl)ccc1F)nn2C(=O)NC(C(=O)NCCO)C(C)(C)C. The molecule has 1 aromatic carbocycles. The van der Waals surface area contributed by atoms with Crippen LogP contribution in [0.4, 0.5) is 14.9 Å². The third kappa shape index (κ3) is 4.88. The number of aromatic nitrogens is 2. The lowest BCUT2D eigenvalue weighted by molar-refractivity contribution is -0.125. The molecule has 0 bridgehead atoms.